The predicted molar refractivity (Wildman–Crippen MR) is 39.7 cm³/mol. The van der Waals surface area contributed by atoms with Crippen LogP contribution < -0.4 is 5.32 Å². The Kier molecular flexibility index (Phi) is 2.27. The molecule has 1 aliphatic rings. The Morgan fingerprint density at radius 3 is 3.00 bits per heavy atom. The van der Waals surface area contributed by atoms with Crippen molar-refractivity contribution in [3.63, 3.8) is 0 Å². The van der Waals surface area contributed by atoms with Gasteiger partial charge in [0.25, 0.3) is 0 Å². The molecule has 0 aromatic carbocycles. The van der Waals surface area contributed by atoms with E-state index in [2.05, 4.69) is 5.32 Å². The van der Waals surface area contributed by atoms with E-state index in [1.54, 1.807) is 4.90 Å². The summed E-state index contributed by atoms with van der Waals surface area (Å²) in [6.07, 6.45) is 0.892. The molecule has 3 heteroatoms. The zero-order valence-corrected chi connectivity index (χ0v) is 6.55. The average molecular weight is 142 g/mol. The highest BCUT2D eigenvalue weighted by molar-refractivity contribution is 5.82. The number of likely N-dealkylation sites (N-methyl/N-ethyl adjacent to an activating group) is 1. The van der Waals surface area contributed by atoms with E-state index >= 15 is 0 Å². The van der Waals surface area contributed by atoms with Crippen LogP contribution >= 0.6 is 0 Å². The van der Waals surface area contributed by atoms with Crippen molar-refractivity contribution in [1.29, 1.82) is 0 Å². The van der Waals surface area contributed by atoms with E-state index in [1.807, 2.05) is 14.0 Å². The molecule has 1 heterocycles. The molecule has 0 aromatic rings. The highest BCUT2D eigenvalue weighted by atomic mass is 16.2. The van der Waals surface area contributed by atoms with Crippen LogP contribution in [0.4, 0.5) is 0 Å². The van der Waals surface area contributed by atoms with Gasteiger partial charge in [0.15, 0.2) is 0 Å². The van der Waals surface area contributed by atoms with E-state index < -0.39 is 0 Å². The summed E-state index contributed by atoms with van der Waals surface area (Å²) in [6, 6.07) is 0.0683. The summed E-state index contributed by atoms with van der Waals surface area (Å²) < 4.78 is 0. The summed E-state index contributed by atoms with van der Waals surface area (Å²) in [4.78, 5) is 13.0. The second-order valence-corrected chi connectivity index (χ2v) is 2.67. The van der Waals surface area contributed by atoms with E-state index in [9.17, 15) is 4.79 Å². The van der Waals surface area contributed by atoms with Crippen LogP contribution in [0.5, 0.6) is 0 Å². The number of hydrogen-bond donors (Lipinski definition) is 1. The number of nitrogens with zero attached hydrogens (tertiary/aromatic N) is 1. The molecule has 0 aromatic heterocycles. The lowest BCUT2D eigenvalue weighted by molar-refractivity contribution is -0.134. The number of nitrogens with one attached hydrogen (secondary N) is 1. The van der Waals surface area contributed by atoms with Gasteiger partial charge in [-0.1, -0.05) is 6.92 Å². The number of piperazine rings is 1. The van der Waals surface area contributed by atoms with Gasteiger partial charge >= 0.3 is 0 Å². The Labute approximate surface area is 61.4 Å². The van der Waals surface area contributed by atoms with Crippen molar-refractivity contribution in [3.05, 3.63) is 0 Å². The first-order chi connectivity index (χ1) is 4.75. The number of hydrogen-bond acceptors (Lipinski definition) is 2. The van der Waals surface area contributed by atoms with Crippen molar-refractivity contribution in [3.8, 4) is 0 Å². The number of carbonyl (C=O) groups excluding carboxylic acids is 1. The Morgan fingerprint density at radius 1 is 1.80 bits per heavy atom. The van der Waals surface area contributed by atoms with E-state index in [1.165, 1.54) is 0 Å². The van der Waals surface area contributed by atoms with Crippen LogP contribution in [0.3, 0.4) is 0 Å². The molecular formula is C7H14N2O. The minimum Gasteiger partial charge on any atom is -0.343 e. The summed E-state index contributed by atoms with van der Waals surface area (Å²) in [6.45, 7) is 3.80. The van der Waals surface area contributed by atoms with Crippen LogP contribution in [0.2, 0.25) is 0 Å². The quantitative estimate of drug-likeness (QED) is 0.551. The van der Waals surface area contributed by atoms with Crippen molar-refractivity contribution in [2.24, 2.45) is 0 Å². The molecule has 1 amide bonds. The van der Waals surface area contributed by atoms with E-state index in [0.29, 0.717) is 0 Å². The zero-order chi connectivity index (χ0) is 7.56. The van der Waals surface area contributed by atoms with Crippen molar-refractivity contribution in [2.75, 3.05) is 20.1 Å². The third kappa shape index (κ3) is 1.29. The largest absolute Gasteiger partial charge is 0.343 e. The molecule has 0 saturated carbocycles. The average Bonchev–Trinajstić information content (AvgIpc) is 1.95. The standard InChI is InChI=1S/C7H14N2O/c1-3-6-7(10)9(2)5-4-8-6/h6,8H,3-5H2,1-2H3. The summed E-state index contributed by atoms with van der Waals surface area (Å²) in [5.41, 5.74) is 0. The maximum Gasteiger partial charge on any atom is 0.239 e. The Hall–Kier alpha value is -0.570. The molecule has 3 nitrogen and oxygen atoms in total. The maximum atomic E-state index is 11.2. The van der Waals surface area contributed by atoms with Gasteiger partial charge in [0, 0.05) is 20.1 Å². The highest BCUT2D eigenvalue weighted by Crippen LogP contribution is 2.00. The minimum absolute atomic E-state index is 0.0683. The third-order valence-corrected chi connectivity index (χ3v) is 1.92. The second-order valence-electron chi connectivity index (χ2n) is 2.67. The van der Waals surface area contributed by atoms with Crippen molar-refractivity contribution >= 4 is 5.91 Å². The van der Waals surface area contributed by atoms with Gasteiger partial charge in [0.2, 0.25) is 5.91 Å². The van der Waals surface area contributed by atoms with Gasteiger partial charge < -0.3 is 10.2 Å². The Bertz CT molecular complexity index is 136. The van der Waals surface area contributed by atoms with Crippen LogP contribution in [0.25, 0.3) is 0 Å². The number of rotatable bonds is 1. The molecule has 1 aliphatic heterocycles. The van der Waals surface area contributed by atoms with Gasteiger partial charge in [-0.25, -0.2) is 0 Å². The molecule has 0 radical (unpaired) electrons. The normalized spacial score (nSPS) is 27.2. The van der Waals surface area contributed by atoms with Gasteiger partial charge in [-0.15, -0.1) is 0 Å². The molecule has 0 spiro atoms. The zero-order valence-electron chi connectivity index (χ0n) is 6.55. The first-order valence-electron chi connectivity index (χ1n) is 3.74. The topological polar surface area (TPSA) is 32.3 Å². The van der Waals surface area contributed by atoms with Crippen LogP contribution in [0, 0.1) is 0 Å². The smallest absolute Gasteiger partial charge is 0.239 e. The maximum absolute atomic E-state index is 11.2. The lowest BCUT2D eigenvalue weighted by Gasteiger charge is -2.29. The molecule has 1 saturated heterocycles. The first-order valence-corrected chi connectivity index (χ1v) is 3.74. The van der Waals surface area contributed by atoms with E-state index in [4.69, 9.17) is 0 Å². The number of amides is 1. The molecule has 1 fully saturated rings. The molecule has 58 valence electrons. The molecule has 1 atom stereocenters. The Balaban J connectivity index is 2.51. The van der Waals surface area contributed by atoms with Crippen LogP contribution in [0.1, 0.15) is 13.3 Å². The fraction of sp³-hybridized carbons (Fsp3) is 0.857. The van der Waals surface area contributed by atoms with Crippen molar-refractivity contribution in [2.45, 2.75) is 19.4 Å². The van der Waals surface area contributed by atoms with Gasteiger partial charge in [0.1, 0.15) is 0 Å². The lowest BCUT2D eigenvalue weighted by Crippen LogP contribution is -2.53. The van der Waals surface area contributed by atoms with Gasteiger partial charge in [-0.2, -0.15) is 0 Å². The Morgan fingerprint density at radius 2 is 2.50 bits per heavy atom. The van der Waals surface area contributed by atoms with Gasteiger partial charge in [-0.05, 0) is 6.42 Å². The second kappa shape index (κ2) is 3.01. The summed E-state index contributed by atoms with van der Waals surface area (Å²) in [5.74, 6) is 0.230. The lowest BCUT2D eigenvalue weighted by atomic mass is 10.1. The van der Waals surface area contributed by atoms with E-state index in [0.717, 1.165) is 19.5 Å². The van der Waals surface area contributed by atoms with Crippen LogP contribution in [-0.4, -0.2) is 37.0 Å². The van der Waals surface area contributed by atoms with Crippen molar-refractivity contribution < 1.29 is 4.79 Å². The number of carbonyl (C=O) groups is 1. The third-order valence-electron chi connectivity index (χ3n) is 1.92. The summed E-state index contributed by atoms with van der Waals surface area (Å²) in [7, 11) is 1.85. The molecule has 0 bridgehead atoms. The van der Waals surface area contributed by atoms with E-state index in [-0.39, 0.29) is 11.9 Å². The fourth-order valence-corrected chi connectivity index (χ4v) is 1.19. The molecule has 1 N–H and O–H groups in total. The highest BCUT2D eigenvalue weighted by Gasteiger charge is 2.23. The van der Waals surface area contributed by atoms with Crippen molar-refractivity contribution in [1.82, 2.24) is 10.2 Å². The monoisotopic (exact) mass is 142 g/mol. The fourth-order valence-electron chi connectivity index (χ4n) is 1.19. The molecule has 10 heavy (non-hydrogen) atoms. The molecule has 1 unspecified atom stereocenters. The SMILES string of the molecule is CCC1NCCN(C)C1=O. The summed E-state index contributed by atoms with van der Waals surface area (Å²) >= 11 is 0. The minimum atomic E-state index is 0.0683. The van der Waals surface area contributed by atoms with Gasteiger partial charge in [-0.3, -0.25) is 4.79 Å². The predicted octanol–water partition coefficient (Wildman–Crippen LogP) is -0.173. The molecule has 1 rings (SSSR count). The van der Waals surface area contributed by atoms with Gasteiger partial charge in [0.05, 0.1) is 6.04 Å². The summed E-state index contributed by atoms with van der Waals surface area (Å²) in [5, 5.41) is 3.16. The molecular weight excluding hydrogens is 128 g/mol. The first kappa shape index (κ1) is 7.54. The van der Waals surface area contributed by atoms with Crippen LogP contribution in [-0.2, 0) is 4.79 Å². The molecule has 0 aliphatic carbocycles. The van der Waals surface area contributed by atoms with Crippen LogP contribution in [0.15, 0.2) is 0 Å².